The zero-order valence-corrected chi connectivity index (χ0v) is 15.1. The number of amides is 1. The van der Waals surface area contributed by atoms with Crippen LogP contribution in [0.1, 0.15) is 18.4 Å². The molecule has 1 N–H and O–H groups in total. The predicted molar refractivity (Wildman–Crippen MR) is 102 cm³/mol. The first kappa shape index (κ1) is 17.2. The molecule has 0 radical (unpaired) electrons. The van der Waals surface area contributed by atoms with Gasteiger partial charge in [-0.05, 0) is 37.5 Å². The molecule has 3 aromatic rings. The molecule has 0 saturated carbocycles. The maximum atomic E-state index is 12.3. The first-order valence-corrected chi connectivity index (χ1v) is 9.06. The normalized spacial score (nSPS) is 14.9. The number of rotatable bonds is 4. The van der Waals surface area contributed by atoms with Gasteiger partial charge < -0.3 is 14.7 Å². The van der Waals surface area contributed by atoms with Crippen LogP contribution in [0.25, 0.3) is 11.3 Å². The van der Waals surface area contributed by atoms with Crippen molar-refractivity contribution in [3.63, 3.8) is 0 Å². The number of anilines is 2. The minimum absolute atomic E-state index is 0.00969. The van der Waals surface area contributed by atoms with Crippen molar-refractivity contribution in [3.05, 3.63) is 54.3 Å². The van der Waals surface area contributed by atoms with Crippen LogP contribution >= 0.6 is 0 Å². The van der Waals surface area contributed by atoms with Crippen LogP contribution in [0.15, 0.2) is 53.3 Å². The van der Waals surface area contributed by atoms with Crippen molar-refractivity contribution in [2.24, 2.45) is 5.92 Å². The lowest BCUT2D eigenvalue weighted by atomic mass is 9.96. The van der Waals surface area contributed by atoms with E-state index in [1.54, 1.807) is 6.07 Å². The number of benzene rings is 1. The number of carbonyl (C=O) groups excluding carboxylic acids is 1. The fraction of sp³-hybridized carbons (Fsp3) is 0.300. The number of aryl methyl sites for hydroxylation is 1. The second kappa shape index (κ2) is 7.57. The maximum absolute atomic E-state index is 12.3. The molecule has 1 aromatic carbocycles. The Morgan fingerprint density at radius 3 is 2.59 bits per heavy atom. The van der Waals surface area contributed by atoms with Crippen molar-refractivity contribution >= 4 is 17.5 Å². The summed E-state index contributed by atoms with van der Waals surface area (Å²) in [5.41, 5.74) is 3.15. The molecule has 0 aliphatic carbocycles. The van der Waals surface area contributed by atoms with Gasteiger partial charge in [0.05, 0.1) is 5.69 Å². The van der Waals surface area contributed by atoms with Crippen molar-refractivity contribution in [1.82, 2.24) is 15.4 Å². The number of hydrogen-bond donors (Lipinski definition) is 1. The van der Waals surface area contributed by atoms with Gasteiger partial charge in [0.15, 0.2) is 11.6 Å². The molecule has 1 aliphatic heterocycles. The zero-order valence-electron chi connectivity index (χ0n) is 15.1. The van der Waals surface area contributed by atoms with E-state index in [2.05, 4.69) is 44.6 Å². The topological polar surface area (TPSA) is 84.2 Å². The molecular formula is C20H21N5O2. The van der Waals surface area contributed by atoms with E-state index in [0.29, 0.717) is 5.82 Å². The van der Waals surface area contributed by atoms with E-state index in [4.69, 9.17) is 4.52 Å². The van der Waals surface area contributed by atoms with Crippen molar-refractivity contribution in [1.29, 1.82) is 0 Å². The highest BCUT2D eigenvalue weighted by molar-refractivity contribution is 5.91. The molecule has 27 heavy (non-hydrogen) atoms. The first-order chi connectivity index (χ1) is 13.2. The highest BCUT2D eigenvalue weighted by atomic mass is 16.5. The Labute approximate surface area is 157 Å². The van der Waals surface area contributed by atoms with E-state index in [9.17, 15) is 4.79 Å². The molecule has 1 saturated heterocycles. The number of carbonyl (C=O) groups is 1. The van der Waals surface area contributed by atoms with Crippen LogP contribution in [0.4, 0.5) is 11.6 Å². The summed E-state index contributed by atoms with van der Waals surface area (Å²) in [6.07, 6.45) is 2.98. The van der Waals surface area contributed by atoms with Crippen molar-refractivity contribution in [2.45, 2.75) is 19.8 Å². The number of aromatic nitrogens is 3. The van der Waals surface area contributed by atoms with Crippen LogP contribution in [0.3, 0.4) is 0 Å². The molecule has 0 spiro atoms. The predicted octanol–water partition coefficient (Wildman–Crippen LogP) is 3.30. The Balaban J connectivity index is 1.37. The Morgan fingerprint density at radius 1 is 1.11 bits per heavy atom. The summed E-state index contributed by atoms with van der Waals surface area (Å²) in [4.78, 5) is 14.5. The van der Waals surface area contributed by atoms with Gasteiger partial charge in [-0.3, -0.25) is 4.79 Å². The number of hydrogen-bond acceptors (Lipinski definition) is 6. The third kappa shape index (κ3) is 3.81. The molecule has 3 heterocycles. The van der Waals surface area contributed by atoms with Gasteiger partial charge in [0, 0.05) is 30.6 Å². The molecule has 7 nitrogen and oxygen atoms in total. The first-order valence-electron chi connectivity index (χ1n) is 9.06. The van der Waals surface area contributed by atoms with Gasteiger partial charge in [-0.1, -0.05) is 29.4 Å². The van der Waals surface area contributed by atoms with Crippen molar-refractivity contribution < 1.29 is 9.32 Å². The van der Waals surface area contributed by atoms with Gasteiger partial charge in [0.1, 0.15) is 6.26 Å². The summed E-state index contributed by atoms with van der Waals surface area (Å²) >= 11 is 0. The SMILES string of the molecule is Cc1ccccc1-c1ccc(N2CCC(C(=O)Nc3ccon3)CC2)nn1. The summed E-state index contributed by atoms with van der Waals surface area (Å²) in [6, 6.07) is 13.8. The van der Waals surface area contributed by atoms with Crippen LogP contribution in [-0.4, -0.2) is 34.4 Å². The Hall–Kier alpha value is -3.22. The molecule has 7 heteroatoms. The third-order valence-corrected chi connectivity index (χ3v) is 4.95. The molecule has 1 aliphatic rings. The van der Waals surface area contributed by atoms with Crippen LogP contribution < -0.4 is 10.2 Å². The van der Waals surface area contributed by atoms with Gasteiger partial charge >= 0.3 is 0 Å². The Morgan fingerprint density at radius 2 is 1.93 bits per heavy atom. The van der Waals surface area contributed by atoms with Gasteiger partial charge in [-0.25, -0.2) is 0 Å². The van der Waals surface area contributed by atoms with E-state index < -0.39 is 0 Å². The maximum Gasteiger partial charge on any atom is 0.228 e. The lowest BCUT2D eigenvalue weighted by Gasteiger charge is -2.31. The minimum Gasteiger partial charge on any atom is -0.363 e. The largest absolute Gasteiger partial charge is 0.363 e. The fourth-order valence-electron chi connectivity index (χ4n) is 3.37. The van der Waals surface area contributed by atoms with Gasteiger partial charge in [-0.15, -0.1) is 10.2 Å². The quantitative estimate of drug-likeness (QED) is 0.766. The molecule has 0 bridgehead atoms. The second-order valence-electron chi connectivity index (χ2n) is 6.73. The molecule has 1 amide bonds. The number of nitrogens with one attached hydrogen (secondary N) is 1. The molecular weight excluding hydrogens is 342 g/mol. The molecule has 4 rings (SSSR count). The van der Waals surface area contributed by atoms with Crippen LogP contribution in [0, 0.1) is 12.8 Å². The zero-order chi connectivity index (χ0) is 18.6. The van der Waals surface area contributed by atoms with Crippen LogP contribution in [-0.2, 0) is 4.79 Å². The minimum atomic E-state index is -0.0304. The summed E-state index contributed by atoms with van der Waals surface area (Å²) < 4.78 is 4.74. The molecule has 0 atom stereocenters. The highest BCUT2D eigenvalue weighted by Gasteiger charge is 2.26. The molecule has 1 fully saturated rings. The molecule has 138 valence electrons. The van der Waals surface area contributed by atoms with Crippen molar-refractivity contribution in [2.75, 3.05) is 23.3 Å². The summed E-state index contributed by atoms with van der Waals surface area (Å²) in [7, 11) is 0. The standard InChI is InChI=1S/C20H21N5O2/c1-14-4-2-3-5-16(14)17-6-7-19(23-22-17)25-11-8-15(9-12-25)20(26)21-18-10-13-27-24-18/h2-7,10,13,15H,8-9,11-12H2,1H3,(H,21,24,26). The van der Waals surface area contributed by atoms with Gasteiger partial charge in [0.2, 0.25) is 5.91 Å². The Bertz CT molecular complexity index is 900. The van der Waals surface area contributed by atoms with E-state index in [-0.39, 0.29) is 11.8 Å². The van der Waals surface area contributed by atoms with E-state index in [0.717, 1.165) is 43.0 Å². The second-order valence-corrected chi connectivity index (χ2v) is 6.73. The molecule has 0 unspecified atom stereocenters. The van der Waals surface area contributed by atoms with Crippen molar-refractivity contribution in [3.8, 4) is 11.3 Å². The lowest BCUT2D eigenvalue weighted by molar-refractivity contribution is -0.120. The van der Waals surface area contributed by atoms with Gasteiger partial charge in [0.25, 0.3) is 0 Å². The van der Waals surface area contributed by atoms with E-state index in [1.807, 2.05) is 24.3 Å². The number of nitrogens with zero attached hydrogens (tertiary/aromatic N) is 4. The summed E-state index contributed by atoms with van der Waals surface area (Å²) in [6.45, 7) is 3.62. The average molecular weight is 363 g/mol. The third-order valence-electron chi connectivity index (χ3n) is 4.95. The Kier molecular flexibility index (Phi) is 4.82. The van der Waals surface area contributed by atoms with E-state index in [1.165, 1.54) is 11.8 Å². The highest BCUT2D eigenvalue weighted by Crippen LogP contribution is 2.25. The lowest BCUT2D eigenvalue weighted by Crippen LogP contribution is -2.38. The van der Waals surface area contributed by atoms with Crippen LogP contribution in [0.5, 0.6) is 0 Å². The van der Waals surface area contributed by atoms with E-state index >= 15 is 0 Å². The fourth-order valence-corrected chi connectivity index (χ4v) is 3.37. The van der Waals surface area contributed by atoms with Crippen LogP contribution in [0.2, 0.25) is 0 Å². The smallest absolute Gasteiger partial charge is 0.228 e. The summed E-state index contributed by atoms with van der Waals surface area (Å²) in [5, 5.41) is 15.3. The average Bonchev–Trinajstić information content (AvgIpc) is 3.22. The number of piperidine rings is 1. The summed E-state index contributed by atoms with van der Waals surface area (Å²) in [5.74, 6) is 1.27. The van der Waals surface area contributed by atoms with Gasteiger partial charge in [-0.2, -0.15) is 0 Å². The monoisotopic (exact) mass is 363 g/mol. The molecule has 2 aromatic heterocycles.